The van der Waals surface area contributed by atoms with E-state index in [2.05, 4.69) is 11.4 Å². The third-order valence-electron chi connectivity index (χ3n) is 5.50. The van der Waals surface area contributed by atoms with E-state index < -0.39 is 17.8 Å². The zero-order valence-corrected chi connectivity index (χ0v) is 19.0. The van der Waals surface area contributed by atoms with E-state index in [1.165, 1.54) is 30.3 Å². The first-order valence-electron chi connectivity index (χ1n) is 10.2. The fourth-order valence-electron chi connectivity index (χ4n) is 3.82. The summed E-state index contributed by atoms with van der Waals surface area (Å²) in [7, 11) is 0. The van der Waals surface area contributed by atoms with Gasteiger partial charge in [-0.25, -0.2) is 4.79 Å². The van der Waals surface area contributed by atoms with Gasteiger partial charge in [0.25, 0.3) is 11.8 Å². The molecule has 1 saturated heterocycles. The number of hydrogen-bond donors (Lipinski definition) is 2. The lowest BCUT2D eigenvalue weighted by Crippen LogP contribution is -2.54. The number of hydrogen-bond acceptors (Lipinski definition) is 5. The first kappa shape index (κ1) is 22.6. The maximum absolute atomic E-state index is 13.3. The maximum atomic E-state index is 13.3. The summed E-state index contributed by atoms with van der Waals surface area (Å²) in [6.07, 6.45) is 1.51. The van der Waals surface area contributed by atoms with Crippen LogP contribution in [0.4, 0.5) is 5.69 Å². The van der Waals surface area contributed by atoms with Gasteiger partial charge in [-0.1, -0.05) is 0 Å². The Morgan fingerprint density at radius 2 is 1.68 bits per heavy atom. The molecule has 8 nitrogen and oxygen atoms in total. The minimum Gasteiger partial charge on any atom is -0.478 e. The molecule has 9 heteroatoms. The van der Waals surface area contributed by atoms with Crippen LogP contribution in [0.1, 0.15) is 32.9 Å². The van der Waals surface area contributed by atoms with E-state index in [-0.39, 0.29) is 16.2 Å². The lowest BCUT2D eigenvalue weighted by Gasteiger charge is -2.29. The van der Waals surface area contributed by atoms with Gasteiger partial charge >= 0.3 is 5.97 Å². The quantitative estimate of drug-likeness (QED) is 0.343. The van der Waals surface area contributed by atoms with Crippen LogP contribution in [0.5, 0.6) is 0 Å². The summed E-state index contributed by atoms with van der Waals surface area (Å²) in [4.78, 5) is 38.2. The van der Waals surface area contributed by atoms with Gasteiger partial charge in [0.1, 0.15) is 5.57 Å². The second kappa shape index (κ2) is 8.77. The van der Waals surface area contributed by atoms with Crippen LogP contribution in [0.3, 0.4) is 0 Å². The van der Waals surface area contributed by atoms with E-state index >= 15 is 0 Å². The molecule has 1 aromatic heterocycles. The molecule has 0 saturated carbocycles. The molecule has 0 radical (unpaired) electrons. The third kappa shape index (κ3) is 3.98. The Morgan fingerprint density at radius 3 is 2.26 bits per heavy atom. The molecule has 0 aliphatic carbocycles. The van der Waals surface area contributed by atoms with Crippen molar-refractivity contribution in [1.29, 1.82) is 5.26 Å². The number of nitriles is 1. The second-order valence-electron chi connectivity index (χ2n) is 7.63. The number of rotatable bonds is 4. The zero-order valence-electron chi connectivity index (χ0n) is 18.2. The van der Waals surface area contributed by atoms with Gasteiger partial charge < -0.3 is 9.67 Å². The SMILES string of the molecule is Cc1cc(/C=C2\C(=O)NC(=S)N(c3ccc(C(=O)O)cc3)C2=O)c(C)n1-c1ccc(C#N)cc1. The molecular formula is C25H18N4O4S. The molecule has 2 N–H and O–H groups in total. The van der Waals surface area contributed by atoms with Crippen molar-refractivity contribution in [3.05, 3.63) is 88.2 Å². The Hall–Kier alpha value is -4.55. The Morgan fingerprint density at radius 1 is 1.06 bits per heavy atom. The Bertz CT molecular complexity index is 1430. The number of carboxylic acids is 1. The summed E-state index contributed by atoms with van der Waals surface area (Å²) in [5.74, 6) is -2.32. The number of anilines is 1. The van der Waals surface area contributed by atoms with E-state index in [0.717, 1.165) is 22.0 Å². The topological polar surface area (TPSA) is 115 Å². The van der Waals surface area contributed by atoms with Gasteiger partial charge in [-0.3, -0.25) is 19.8 Å². The minimum absolute atomic E-state index is 0.0640. The van der Waals surface area contributed by atoms with Gasteiger partial charge in [-0.15, -0.1) is 0 Å². The van der Waals surface area contributed by atoms with Crippen molar-refractivity contribution in [2.24, 2.45) is 0 Å². The number of benzene rings is 2. The molecule has 4 rings (SSSR count). The predicted octanol–water partition coefficient (Wildman–Crippen LogP) is 3.50. The van der Waals surface area contributed by atoms with Crippen LogP contribution in [0.15, 0.2) is 60.2 Å². The molecule has 1 aliphatic rings. The van der Waals surface area contributed by atoms with E-state index in [4.69, 9.17) is 22.6 Å². The zero-order chi connectivity index (χ0) is 24.6. The molecule has 2 amide bonds. The summed E-state index contributed by atoms with van der Waals surface area (Å²) in [5.41, 5.74) is 4.06. The molecule has 2 heterocycles. The molecule has 34 heavy (non-hydrogen) atoms. The van der Waals surface area contributed by atoms with Crippen molar-refractivity contribution < 1.29 is 19.5 Å². The average Bonchev–Trinajstić information content (AvgIpc) is 3.09. The van der Waals surface area contributed by atoms with Crippen molar-refractivity contribution >= 4 is 46.9 Å². The second-order valence-corrected chi connectivity index (χ2v) is 8.02. The smallest absolute Gasteiger partial charge is 0.335 e. The number of aryl methyl sites for hydroxylation is 1. The van der Waals surface area contributed by atoms with Gasteiger partial charge in [-0.05, 0) is 92.3 Å². The number of carbonyl (C=O) groups excluding carboxylic acids is 2. The van der Waals surface area contributed by atoms with E-state index in [1.54, 1.807) is 12.1 Å². The summed E-state index contributed by atoms with van der Waals surface area (Å²) in [6, 6.07) is 16.7. The van der Waals surface area contributed by atoms with Crippen molar-refractivity contribution in [3.8, 4) is 11.8 Å². The Balaban J connectivity index is 1.72. The minimum atomic E-state index is -1.09. The highest BCUT2D eigenvalue weighted by atomic mass is 32.1. The normalized spacial score (nSPS) is 14.8. The lowest BCUT2D eigenvalue weighted by molar-refractivity contribution is -0.122. The Labute approximate surface area is 200 Å². The van der Waals surface area contributed by atoms with Crippen molar-refractivity contribution in [3.63, 3.8) is 0 Å². The first-order valence-corrected chi connectivity index (χ1v) is 10.6. The molecule has 168 valence electrons. The number of amides is 2. The number of carbonyl (C=O) groups is 3. The fourth-order valence-corrected chi connectivity index (χ4v) is 4.10. The van der Waals surface area contributed by atoms with Crippen molar-refractivity contribution in [1.82, 2.24) is 9.88 Å². The molecule has 1 fully saturated rings. The largest absolute Gasteiger partial charge is 0.478 e. The molecule has 1 aliphatic heterocycles. The number of nitrogens with zero attached hydrogens (tertiary/aromatic N) is 3. The van der Waals surface area contributed by atoms with Gasteiger partial charge in [0.05, 0.1) is 22.9 Å². The Kier molecular flexibility index (Phi) is 5.84. The number of thiocarbonyl (C=S) groups is 1. The molecular weight excluding hydrogens is 452 g/mol. The molecule has 0 atom stereocenters. The van der Waals surface area contributed by atoms with E-state index in [1.807, 2.05) is 36.6 Å². The molecule has 3 aromatic rings. The van der Waals surface area contributed by atoms with Gasteiger partial charge in [0.15, 0.2) is 5.11 Å². The van der Waals surface area contributed by atoms with Crippen molar-refractivity contribution in [2.75, 3.05) is 4.90 Å². The van der Waals surface area contributed by atoms with Crippen LogP contribution in [0, 0.1) is 25.2 Å². The number of aromatic nitrogens is 1. The summed E-state index contributed by atoms with van der Waals surface area (Å²) >= 11 is 5.20. The van der Waals surface area contributed by atoms with Gasteiger partial charge in [0, 0.05) is 17.1 Å². The highest BCUT2D eigenvalue weighted by molar-refractivity contribution is 7.80. The molecule has 0 unspecified atom stereocenters. The predicted molar refractivity (Wildman–Crippen MR) is 130 cm³/mol. The van der Waals surface area contributed by atoms with Gasteiger partial charge in [0.2, 0.25) is 0 Å². The van der Waals surface area contributed by atoms with E-state index in [9.17, 15) is 14.4 Å². The number of aromatic carboxylic acids is 1. The number of nitrogens with one attached hydrogen (secondary N) is 1. The molecule has 0 bridgehead atoms. The van der Waals surface area contributed by atoms with Crippen LogP contribution in [-0.2, 0) is 9.59 Å². The molecule has 2 aromatic carbocycles. The first-order chi connectivity index (χ1) is 16.2. The highest BCUT2D eigenvalue weighted by Crippen LogP contribution is 2.26. The van der Waals surface area contributed by atoms with Crippen LogP contribution in [0.2, 0.25) is 0 Å². The van der Waals surface area contributed by atoms with Crippen molar-refractivity contribution in [2.45, 2.75) is 13.8 Å². The lowest BCUT2D eigenvalue weighted by atomic mass is 10.1. The summed E-state index contributed by atoms with van der Waals surface area (Å²) < 4.78 is 1.96. The van der Waals surface area contributed by atoms with Crippen LogP contribution < -0.4 is 10.2 Å². The summed E-state index contributed by atoms with van der Waals surface area (Å²) in [5, 5.41) is 20.6. The summed E-state index contributed by atoms with van der Waals surface area (Å²) in [6.45, 7) is 3.78. The van der Waals surface area contributed by atoms with Crippen LogP contribution >= 0.6 is 12.2 Å². The van der Waals surface area contributed by atoms with Crippen LogP contribution in [0.25, 0.3) is 11.8 Å². The van der Waals surface area contributed by atoms with E-state index in [0.29, 0.717) is 16.8 Å². The van der Waals surface area contributed by atoms with Crippen LogP contribution in [-0.4, -0.2) is 32.6 Å². The average molecular weight is 471 g/mol. The number of carboxylic acid groups (broad SMARTS) is 1. The standard InChI is InChI=1S/C25H18N4O4S/c1-14-11-18(15(2)28(14)19-7-3-16(13-26)4-8-19)12-21-22(30)27-25(34)29(23(21)31)20-9-5-17(6-10-20)24(32)33/h3-12H,1-2H3,(H,32,33)(H,27,30,34)/b21-12+. The highest BCUT2D eigenvalue weighted by Gasteiger charge is 2.34. The third-order valence-corrected chi connectivity index (χ3v) is 5.78. The fraction of sp³-hybridized carbons (Fsp3) is 0.0800. The van der Waals surface area contributed by atoms with Gasteiger partial charge in [-0.2, -0.15) is 5.26 Å². The molecule has 0 spiro atoms. The maximum Gasteiger partial charge on any atom is 0.335 e. The monoisotopic (exact) mass is 470 g/mol.